The van der Waals surface area contributed by atoms with E-state index in [1.165, 1.54) is 0 Å². The van der Waals surface area contributed by atoms with Crippen molar-refractivity contribution < 1.29 is 5.11 Å². The average Bonchev–Trinajstić information content (AvgIpc) is 2.16. The Kier molecular flexibility index (Phi) is 4.22. The first-order valence-electron chi connectivity index (χ1n) is 4.59. The smallest absolute Gasteiger partial charge is 0.123 e. The summed E-state index contributed by atoms with van der Waals surface area (Å²) in [5, 5.41) is 9.53. The molecule has 78 valence electrons. The van der Waals surface area contributed by atoms with Crippen molar-refractivity contribution in [2.75, 3.05) is 5.73 Å². The lowest BCUT2D eigenvalue weighted by molar-refractivity contribution is 0.196. The van der Waals surface area contributed by atoms with Crippen LogP contribution in [0.2, 0.25) is 0 Å². The molecule has 1 rings (SSSR count). The molecule has 4 heteroatoms. The maximum absolute atomic E-state index is 9.29. The molecule has 0 radical (unpaired) electrons. The van der Waals surface area contributed by atoms with Crippen molar-refractivity contribution in [1.29, 1.82) is 0 Å². The van der Waals surface area contributed by atoms with Crippen LogP contribution in [0.15, 0.2) is 18.3 Å². The number of anilines is 1. The number of nitrogens with zero attached hydrogens (tertiary/aromatic N) is 1. The van der Waals surface area contributed by atoms with Crippen LogP contribution in [-0.2, 0) is 5.75 Å². The number of hydrogen-bond acceptors (Lipinski definition) is 4. The van der Waals surface area contributed by atoms with Crippen LogP contribution in [0.1, 0.15) is 19.4 Å². The molecule has 0 fully saturated rings. The number of rotatable bonds is 4. The molecular weight excluding hydrogens is 196 g/mol. The van der Waals surface area contributed by atoms with Crippen LogP contribution in [0.5, 0.6) is 0 Å². The molecule has 3 nitrogen and oxygen atoms in total. The normalized spacial score (nSPS) is 15.1. The molecule has 3 N–H and O–H groups in total. The molecule has 2 unspecified atom stereocenters. The highest BCUT2D eigenvalue weighted by atomic mass is 32.2. The fourth-order valence-electron chi connectivity index (χ4n) is 0.888. The first-order valence-corrected chi connectivity index (χ1v) is 5.64. The molecule has 2 atom stereocenters. The van der Waals surface area contributed by atoms with Gasteiger partial charge in [0, 0.05) is 17.2 Å². The van der Waals surface area contributed by atoms with Crippen LogP contribution in [0.25, 0.3) is 0 Å². The molecule has 0 saturated carbocycles. The number of aliphatic hydroxyl groups excluding tert-OH is 1. The van der Waals surface area contributed by atoms with Crippen molar-refractivity contribution in [3.63, 3.8) is 0 Å². The summed E-state index contributed by atoms with van der Waals surface area (Å²) < 4.78 is 0. The van der Waals surface area contributed by atoms with Gasteiger partial charge in [0.05, 0.1) is 6.10 Å². The maximum Gasteiger partial charge on any atom is 0.123 e. The Labute approximate surface area is 88.7 Å². The molecule has 0 saturated heterocycles. The van der Waals surface area contributed by atoms with Gasteiger partial charge in [0.2, 0.25) is 0 Å². The zero-order chi connectivity index (χ0) is 10.6. The third-order valence-electron chi connectivity index (χ3n) is 2.04. The van der Waals surface area contributed by atoms with E-state index in [-0.39, 0.29) is 11.4 Å². The van der Waals surface area contributed by atoms with Gasteiger partial charge in [-0.15, -0.1) is 0 Å². The lowest BCUT2D eigenvalue weighted by Gasteiger charge is -2.13. The zero-order valence-electron chi connectivity index (χ0n) is 8.47. The van der Waals surface area contributed by atoms with E-state index in [2.05, 4.69) is 4.98 Å². The molecule has 14 heavy (non-hydrogen) atoms. The Morgan fingerprint density at radius 1 is 1.50 bits per heavy atom. The number of hydrogen-bond donors (Lipinski definition) is 2. The van der Waals surface area contributed by atoms with E-state index < -0.39 is 0 Å². The number of thioether (sulfide) groups is 1. The quantitative estimate of drug-likeness (QED) is 0.797. The van der Waals surface area contributed by atoms with Gasteiger partial charge in [-0.25, -0.2) is 4.98 Å². The van der Waals surface area contributed by atoms with Gasteiger partial charge in [0.15, 0.2) is 0 Å². The molecule has 0 bridgehead atoms. The second-order valence-corrected chi connectivity index (χ2v) is 4.71. The standard InChI is InChI=1S/C10H16N2OS/c1-7(13)8(2)14-6-9-3-4-10(11)12-5-9/h3-5,7-8,13H,6H2,1-2H3,(H2,11,12). The van der Waals surface area contributed by atoms with Gasteiger partial charge < -0.3 is 10.8 Å². The van der Waals surface area contributed by atoms with Crippen molar-refractivity contribution in [2.24, 2.45) is 0 Å². The van der Waals surface area contributed by atoms with Gasteiger partial charge in [-0.1, -0.05) is 13.0 Å². The van der Waals surface area contributed by atoms with Crippen LogP contribution < -0.4 is 5.73 Å². The van der Waals surface area contributed by atoms with Crippen molar-refractivity contribution in [3.05, 3.63) is 23.9 Å². The summed E-state index contributed by atoms with van der Waals surface area (Å²) >= 11 is 1.71. The summed E-state index contributed by atoms with van der Waals surface area (Å²) in [5.74, 6) is 1.40. The highest BCUT2D eigenvalue weighted by Gasteiger charge is 2.08. The number of aromatic nitrogens is 1. The summed E-state index contributed by atoms with van der Waals surface area (Å²) in [5.41, 5.74) is 6.61. The van der Waals surface area contributed by atoms with E-state index in [1.807, 2.05) is 13.0 Å². The fraction of sp³-hybridized carbons (Fsp3) is 0.500. The lowest BCUT2D eigenvalue weighted by atomic mass is 10.3. The zero-order valence-corrected chi connectivity index (χ0v) is 9.29. The topological polar surface area (TPSA) is 59.1 Å². The van der Waals surface area contributed by atoms with Crippen molar-refractivity contribution in [3.8, 4) is 0 Å². The number of aliphatic hydroxyl groups is 1. The first-order chi connectivity index (χ1) is 6.59. The minimum atomic E-state index is -0.276. The minimum absolute atomic E-state index is 0.243. The predicted molar refractivity (Wildman–Crippen MR) is 61.1 cm³/mol. The molecular formula is C10H16N2OS. The van der Waals surface area contributed by atoms with E-state index in [9.17, 15) is 5.11 Å². The SMILES string of the molecule is CC(O)C(C)SCc1ccc(N)nc1. The van der Waals surface area contributed by atoms with Crippen molar-refractivity contribution in [2.45, 2.75) is 31.0 Å². The molecule has 1 aromatic rings. The van der Waals surface area contributed by atoms with E-state index in [0.29, 0.717) is 5.82 Å². The van der Waals surface area contributed by atoms with Crippen LogP contribution in [0.4, 0.5) is 5.82 Å². The summed E-state index contributed by atoms with van der Waals surface area (Å²) in [4.78, 5) is 4.00. The third-order valence-corrected chi connectivity index (χ3v) is 3.46. The molecule has 0 aliphatic heterocycles. The Hall–Kier alpha value is -0.740. The largest absolute Gasteiger partial charge is 0.392 e. The van der Waals surface area contributed by atoms with Gasteiger partial charge >= 0.3 is 0 Å². The lowest BCUT2D eigenvalue weighted by Crippen LogP contribution is -2.15. The predicted octanol–water partition coefficient (Wildman–Crippen LogP) is 1.67. The third kappa shape index (κ3) is 3.55. The van der Waals surface area contributed by atoms with Crippen molar-refractivity contribution in [1.82, 2.24) is 4.98 Å². The molecule has 0 aliphatic carbocycles. The van der Waals surface area contributed by atoms with Crippen LogP contribution in [0.3, 0.4) is 0 Å². The molecule has 0 amide bonds. The van der Waals surface area contributed by atoms with Crippen LogP contribution >= 0.6 is 11.8 Å². The van der Waals surface area contributed by atoms with Gasteiger partial charge in [-0.05, 0) is 18.6 Å². The summed E-state index contributed by atoms with van der Waals surface area (Å²) in [6.07, 6.45) is 1.50. The highest BCUT2D eigenvalue weighted by molar-refractivity contribution is 7.99. The maximum atomic E-state index is 9.29. The van der Waals surface area contributed by atoms with Gasteiger partial charge in [-0.3, -0.25) is 0 Å². The number of nitrogen functional groups attached to an aromatic ring is 1. The molecule has 0 aliphatic rings. The highest BCUT2D eigenvalue weighted by Crippen LogP contribution is 2.19. The van der Waals surface area contributed by atoms with Crippen LogP contribution in [-0.4, -0.2) is 21.4 Å². The summed E-state index contributed by atoms with van der Waals surface area (Å²) in [7, 11) is 0. The van der Waals surface area contributed by atoms with E-state index >= 15 is 0 Å². The monoisotopic (exact) mass is 212 g/mol. The molecule has 0 aromatic carbocycles. The Bertz CT molecular complexity index is 274. The molecule has 1 heterocycles. The minimum Gasteiger partial charge on any atom is -0.392 e. The Morgan fingerprint density at radius 3 is 2.71 bits per heavy atom. The number of pyridine rings is 1. The molecule has 1 aromatic heterocycles. The summed E-state index contributed by atoms with van der Waals surface area (Å²) in [6, 6.07) is 3.76. The second-order valence-electron chi connectivity index (χ2n) is 3.35. The first kappa shape index (κ1) is 11.3. The second kappa shape index (κ2) is 5.22. The average molecular weight is 212 g/mol. The van der Waals surface area contributed by atoms with Gasteiger partial charge in [0.25, 0.3) is 0 Å². The van der Waals surface area contributed by atoms with Gasteiger partial charge in [-0.2, -0.15) is 11.8 Å². The number of nitrogens with two attached hydrogens (primary N) is 1. The summed E-state index contributed by atoms with van der Waals surface area (Å²) in [6.45, 7) is 3.82. The van der Waals surface area contributed by atoms with E-state index in [1.54, 1.807) is 30.9 Å². The Morgan fingerprint density at radius 2 is 2.21 bits per heavy atom. The van der Waals surface area contributed by atoms with Crippen molar-refractivity contribution >= 4 is 17.6 Å². The molecule has 0 spiro atoms. The fourth-order valence-corrected chi connectivity index (χ4v) is 1.79. The Balaban J connectivity index is 2.42. The van der Waals surface area contributed by atoms with Crippen LogP contribution in [0, 0.1) is 0 Å². The van der Waals surface area contributed by atoms with E-state index in [4.69, 9.17) is 5.73 Å². The van der Waals surface area contributed by atoms with E-state index in [0.717, 1.165) is 11.3 Å². The van der Waals surface area contributed by atoms with Gasteiger partial charge in [0.1, 0.15) is 5.82 Å².